The van der Waals surface area contributed by atoms with Crippen LogP contribution in [0.4, 0.5) is 10.5 Å². The van der Waals surface area contributed by atoms with Crippen LogP contribution in [-0.4, -0.2) is 35.7 Å². The Labute approximate surface area is 203 Å². The molecular formula is C28H26N2O5. The monoisotopic (exact) mass is 470 g/mol. The number of rotatable bonds is 6. The van der Waals surface area contributed by atoms with Crippen molar-refractivity contribution in [2.75, 3.05) is 11.9 Å². The molecule has 7 heteroatoms. The first kappa shape index (κ1) is 22.7. The molecule has 3 aromatic rings. The maximum absolute atomic E-state index is 12.9. The lowest BCUT2D eigenvalue weighted by Crippen LogP contribution is -2.40. The van der Waals surface area contributed by atoms with Crippen molar-refractivity contribution in [3.8, 4) is 11.1 Å². The summed E-state index contributed by atoms with van der Waals surface area (Å²) in [6, 6.07) is 22.4. The number of carboxylic acid groups (broad SMARTS) is 1. The summed E-state index contributed by atoms with van der Waals surface area (Å²) < 4.78 is 5.60. The molecule has 0 radical (unpaired) electrons. The van der Waals surface area contributed by atoms with Crippen LogP contribution >= 0.6 is 0 Å². The van der Waals surface area contributed by atoms with Crippen molar-refractivity contribution in [3.63, 3.8) is 0 Å². The maximum atomic E-state index is 12.9. The number of aliphatic carboxylic acids is 1. The zero-order valence-electron chi connectivity index (χ0n) is 19.1. The number of hydrogen-bond donors (Lipinski definition) is 3. The fraction of sp³-hybridized carbons (Fsp3) is 0.250. The Bertz CT molecular complexity index is 1240. The summed E-state index contributed by atoms with van der Waals surface area (Å²) in [6.07, 6.45) is 1.25. The molecule has 0 aliphatic heterocycles. The highest BCUT2D eigenvalue weighted by Gasteiger charge is 2.34. The third kappa shape index (κ3) is 4.49. The molecule has 0 unspecified atom stereocenters. The minimum absolute atomic E-state index is 0.0676. The third-order valence-electron chi connectivity index (χ3n) is 6.90. The van der Waals surface area contributed by atoms with Gasteiger partial charge in [-0.3, -0.25) is 14.9 Å². The number of fused-ring (bicyclic) bond motifs is 3. The van der Waals surface area contributed by atoms with Gasteiger partial charge in [0.05, 0.1) is 17.2 Å². The molecule has 0 spiro atoms. The minimum Gasteiger partial charge on any atom is -0.481 e. The number of amides is 2. The standard InChI is InChI=1S/C28H26N2O5/c31-26(29-25-15-7-13-22(25)27(32)33)21-12-5-6-14-24(21)30-28(34)35-16-23-19-10-3-1-8-17(19)18-9-2-4-11-20(18)23/h1-6,8-12,14,22-23,25H,7,13,15-16H2,(H,29,31)(H,30,34)(H,32,33)/t22-,25+/m1/s1. The Morgan fingerprint density at radius 1 is 0.857 bits per heavy atom. The van der Waals surface area contributed by atoms with Gasteiger partial charge in [-0.05, 0) is 47.2 Å². The number of benzene rings is 3. The van der Waals surface area contributed by atoms with Crippen molar-refractivity contribution in [1.82, 2.24) is 5.32 Å². The first-order valence-corrected chi connectivity index (χ1v) is 11.8. The van der Waals surface area contributed by atoms with E-state index >= 15 is 0 Å². The van der Waals surface area contributed by atoms with E-state index in [0.29, 0.717) is 18.5 Å². The average molecular weight is 471 g/mol. The summed E-state index contributed by atoms with van der Waals surface area (Å²) >= 11 is 0. The molecule has 3 aromatic carbocycles. The van der Waals surface area contributed by atoms with Gasteiger partial charge < -0.3 is 15.2 Å². The second kappa shape index (κ2) is 9.62. The van der Waals surface area contributed by atoms with Gasteiger partial charge >= 0.3 is 12.1 Å². The highest BCUT2D eigenvalue weighted by atomic mass is 16.5. The Kier molecular flexibility index (Phi) is 6.23. The van der Waals surface area contributed by atoms with E-state index in [1.54, 1.807) is 24.3 Å². The van der Waals surface area contributed by atoms with Crippen LogP contribution in [0, 0.1) is 5.92 Å². The van der Waals surface area contributed by atoms with E-state index in [4.69, 9.17) is 4.74 Å². The first-order valence-electron chi connectivity index (χ1n) is 11.8. The summed E-state index contributed by atoms with van der Waals surface area (Å²) in [5.74, 6) is -1.99. The molecule has 1 fully saturated rings. The number of anilines is 1. The van der Waals surface area contributed by atoms with Crippen molar-refractivity contribution in [2.45, 2.75) is 31.2 Å². The largest absolute Gasteiger partial charge is 0.481 e. The van der Waals surface area contributed by atoms with Gasteiger partial charge in [0.1, 0.15) is 6.61 Å². The molecule has 2 aliphatic rings. The molecule has 0 heterocycles. The molecular weight excluding hydrogens is 444 g/mol. The lowest BCUT2D eigenvalue weighted by atomic mass is 9.98. The van der Waals surface area contributed by atoms with Gasteiger partial charge in [0, 0.05) is 12.0 Å². The summed E-state index contributed by atoms with van der Waals surface area (Å²) in [7, 11) is 0. The normalized spacial score (nSPS) is 18.4. The predicted octanol–water partition coefficient (Wildman–Crippen LogP) is 5.03. The van der Waals surface area contributed by atoms with Crippen molar-refractivity contribution in [2.24, 2.45) is 5.92 Å². The van der Waals surface area contributed by atoms with Gasteiger partial charge in [-0.1, -0.05) is 67.1 Å². The predicted molar refractivity (Wildman–Crippen MR) is 131 cm³/mol. The van der Waals surface area contributed by atoms with Crippen molar-refractivity contribution in [3.05, 3.63) is 89.5 Å². The van der Waals surface area contributed by atoms with E-state index < -0.39 is 29.9 Å². The van der Waals surface area contributed by atoms with Crippen molar-refractivity contribution >= 4 is 23.7 Å². The van der Waals surface area contributed by atoms with E-state index in [0.717, 1.165) is 28.7 Å². The zero-order valence-corrected chi connectivity index (χ0v) is 19.1. The number of carboxylic acids is 1. The molecule has 0 saturated heterocycles. The fourth-order valence-electron chi connectivity index (χ4n) is 5.21. The number of ether oxygens (including phenoxy) is 1. The fourth-order valence-corrected chi connectivity index (χ4v) is 5.21. The summed E-state index contributed by atoms with van der Waals surface area (Å²) in [5, 5.41) is 14.9. The second-order valence-electron chi connectivity index (χ2n) is 8.95. The molecule has 2 atom stereocenters. The molecule has 2 amide bonds. The Hall–Kier alpha value is -4.13. The number of carbonyl (C=O) groups is 3. The van der Waals surface area contributed by atoms with Crippen LogP contribution < -0.4 is 10.6 Å². The Morgan fingerprint density at radius 2 is 1.49 bits per heavy atom. The number of nitrogens with one attached hydrogen (secondary N) is 2. The van der Waals surface area contributed by atoms with E-state index in [2.05, 4.69) is 22.8 Å². The number of hydrogen-bond acceptors (Lipinski definition) is 4. The highest BCUT2D eigenvalue weighted by Crippen LogP contribution is 2.44. The third-order valence-corrected chi connectivity index (χ3v) is 6.90. The van der Waals surface area contributed by atoms with Crippen LogP contribution in [0.5, 0.6) is 0 Å². The molecule has 178 valence electrons. The molecule has 7 nitrogen and oxygen atoms in total. The highest BCUT2D eigenvalue weighted by molar-refractivity contribution is 6.03. The Morgan fingerprint density at radius 3 is 2.17 bits per heavy atom. The van der Waals surface area contributed by atoms with E-state index in [1.807, 2.05) is 36.4 Å². The van der Waals surface area contributed by atoms with Crippen LogP contribution in [0.25, 0.3) is 11.1 Å². The van der Waals surface area contributed by atoms with Gasteiger partial charge in [0.15, 0.2) is 0 Å². The van der Waals surface area contributed by atoms with E-state index in [-0.39, 0.29) is 18.1 Å². The average Bonchev–Trinajstić information content (AvgIpc) is 3.46. The topological polar surface area (TPSA) is 105 Å². The zero-order chi connectivity index (χ0) is 24.4. The van der Waals surface area contributed by atoms with Crippen LogP contribution in [0.3, 0.4) is 0 Å². The van der Waals surface area contributed by atoms with Crippen molar-refractivity contribution < 1.29 is 24.2 Å². The summed E-state index contributed by atoms with van der Waals surface area (Å²) in [5.41, 5.74) is 5.09. The van der Waals surface area contributed by atoms with Gasteiger partial charge in [0.25, 0.3) is 5.91 Å². The van der Waals surface area contributed by atoms with E-state index in [9.17, 15) is 19.5 Å². The van der Waals surface area contributed by atoms with Crippen LogP contribution in [0.2, 0.25) is 0 Å². The van der Waals surface area contributed by atoms with Gasteiger partial charge in [-0.2, -0.15) is 0 Å². The van der Waals surface area contributed by atoms with Gasteiger partial charge in [-0.15, -0.1) is 0 Å². The maximum Gasteiger partial charge on any atom is 0.411 e. The first-order chi connectivity index (χ1) is 17.0. The minimum atomic E-state index is -0.905. The Balaban J connectivity index is 1.26. The van der Waals surface area contributed by atoms with Crippen LogP contribution in [0.15, 0.2) is 72.8 Å². The molecule has 35 heavy (non-hydrogen) atoms. The molecule has 0 bridgehead atoms. The molecule has 1 saturated carbocycles. The quantitative estimate of drug-likeness (QED) is 0.469. The van der Waals surface area contributed by atoms with Crippen LogP contribution in [-0.2, 0) is 9.53 Å². The SMILES string of the molecule is O=C(Nc1ccccc1C(=O)N[C@H]1CCC[C@H]1C(=O)O)OCC1c2ccccc2-c2ccccc21. The van der Waals surface area contributed by atoms with Gasteiger partial charge in [0.2, 0.25) is 0 Å². The van der Waals surface area contributed by atoms with Crippen LogP contribution in [0.1, 0.15) is 46.7 Å². The van der Waals surface area contributed by atoms with E-state index in [1.165, 1.54) is 0 Å². The lowest BCUT2D eigenvalue weighted by molar-refractivity contribution is -0.142. The molecule has 0 aromatic heterocycles. The molecule has 5 rings (SSSR count). The second-order valence-corrected chi connectivity index (χ2v) is 8.95. The molecule has 2 aliphatic carbocycles. The molecule has 3 N–H and O–H groups in total. The van der Waals surface area contributed by atoms with Gasteiger partial charge in [-0.25, -0.2) is 4.79 Å². The summed E-state index contributed by atoms with van der Waals surface area (Å²) in [6.45, 7) is 0.163. The van der Waals surface area contributed by atoms with Crippen molar-refractivity contribution in [1.29, 1.82) is 0 Å². The number of carbonyl (C=O) groups excluding carboxylic acids is 2. The lowest BCUT2D eigenvalue weighted by Gasteiger charge is -2.19. The number of para-hydroxylation sites is 1. The summed E-state index contributed by atoms with van der Waals surface area (Å²) in [4.78, 5) is 37.1. The smallest absolute Gasteiger partial charge is 0.411 e.